The smallest absolute Gasteiger partial charge is 0.410 e. The van der Waals surface area contributed by atoms with E-state index in [0.29, 0.717) is 102 Å². The van der Waals surface area contributed by atoms with Crippen LogP contribution in [0.5, 0.6) is 0 Å². The van der Waals surface area contributed by atoms with Gasteiger partial charge in [-0.05, 0) is 180 Å². The molecule has 5 N–H and O–H groups in total. The molecule has 0 atom stereocenters. The van der Waals surface area contributed by atoms with Gasteiger partial charge in [-0.2, -0.15) is 9.97 Å². The number of aromatic nitrogens is 15. The van der Waals surface area contributed by atoms with E-state index in [2.05, 4.69) is 151 Å². The van der Waals surface area contributed by atoms with Crippen LogP contribution in [0.25, 0.3) is 50.2 Å². The first-order valence-electron chi connectivity index (χ1n) is 39.5. The van der Waals surface area contributed by atoms with E-state index in [1.807, 2.05) is 130 Å². The molecule has 12 heterocycles. The molecule has 0 aliphatic carbocycles. The molecule has 29 heteroatoms. The van der Waals surface area contributed by atoms with Crippen molar-refractivity contribution in [3.63, 3.8) is 0 Å². The van der Waals surface area contributed by atoms with Crippen LogP contribution in [0.15, 0.2) is 186 Å². The third kappa shape index (κ3) is 19.7. The minimum absolute atomic E-state index is 0.0953. The maximum Gasteiger partial charge on any atom is 0.410 e. The van der Waals surface area contributed by atoms with E-state index in [1.165, 1.54) is 28.5 Å². The highest BCUT2D eigenvalue weighted by Crippen LogP contribution is 2.32. The number of amides is 2. The van der Waals surface area contributed by atoms with Crippen molar-refractivity contribution in [2.75, 3.05) is 42.3 Å². The average molecular weight is 1620 g/mol. The van der Waals surface area contributed by atoms with Crippen LogP contribution in [0.3, 0.4) is 0 Å². The second-order valence-corrected chi connectivity index (χ2v) is 35.1. The van der Waals surface area contributed by atoms with E-state index in [9.17, 15) is 24.0 Å². The quantitative estimate of drug-likeness (QED) is 0.0340. The van der Waals surface area contributed by atoms with Crippen LogP contribution in [0, 0.1) is 0 Å². The molecule has 0 saturated heterocycles. The zero-order valence-corrected chi connectivity index (χ0v) is 71.2. The fraction of sp³-hybridized carbons (Fsp3) is 0.371. The number of allylic oxidation sites excluding steroid dienone is 3. The van der Waals surface area contributed by atoms with Gasteiger partial charge in [0, 0.05) is 120 Å². The van der Waals surface area contributed by atoms with Crippen molar-refractivity contribution < 1.29 is 19.1 Å². The molecule has 0 spiro atoms. The monoisotopic (exact) mass is 1610 g/mol. The molecule has 0 unspecified atom stereocenters. The van der Waals surface area contributed by atoms with Gasteiger partial charge in [0.1, 0.15) is 27.4 Å². The van der Waals surface area contributed by atoms with Gasteiger partial charge < -0.3 is 41.0 Å². The predicted molar refractivity (Wildman–Crippen MR) is 468 cm³/mol. The number of nitrogens with one attached hydrogen (secondary N) is 3. The summed E-state index contributed by atoms with van der Waals surface area (Å²) in [4.78, 5) is 108. The Kier molecular flexibility index (Phi) is 25.1. The van der Waals surface area contributed by atoms with Gasteiger partial charge in [-0.3, -0.25) is 29.3 Å². The number of ether oxygens (including phenoxy) is 2. The Morgan fingerprint density at radius 2 is 0.847 bits per heavy atom. The number of nitrogen functional groups attached to an aromatic ring is 1. The Labute approximate surface area is 691 Å². The van der Waals surface area contributed by atoms with Crippen LogP contribution in [0.1, 0.15) is 154 Å². The van der Waals surface area contributed by atoms with Gasteiger partial charge in [0.25, 0.3) is 16.7 Å². The first-order chi connectivity index (χ1) is 55.9. The van der Waals surface area contributed by atoms with E-state index in [4.69, 9.17) is 25.2 Å². The molecule has 118 heavy (non-hydrogen) atoms. The van der Waals surface area contributed by atoms with Crippen molar-refractivity contribution in [1.82, 2.24) is 88.1 Å². The molecule has 0 bridgehead atoms. The topological polar surface area (TPSA) is 318 Å². The number of carbonyl (C=O) groups excluding carboxylic acids is 2. The van der Waals surface area contributed by atoms with Gasteiger partial charge in [-0.1, -0.05) is 111 Å². The lowest BCUT2D eigenvalue weighted by molar-refractivity contribution is 0.0214. The second kappa shape index (κ2) is 34.8. The van der Waals surface area contributed by atoms with Crippen LogP contribution in [-0.4, -0.2) is 132 Å². The number of carbonyl (C=O) groups is 2. The lowest BCUT2D eigenvalue weighted by Crippen LogP contribution is -2.39. The summed E-state index contributed by atoms with van der Waals surface area (Å²) in [6, 6.07) is 29.8. The number of nitrogens with zero attached hydrogens (tertiary/aromatic N) is 17. The first kappa shape index (κ1) is 85.0. The Morgan fingerprint density at radius 1 is 0.475 bits per heavy atom. The normalized spacial score (nSPS) is 13.5. The van der Waals surface area contributed by atoms with Crippen LogP contribution in [-0.2, 0) is 84.2 Å². The Hall–Kier alpha value is -12.4. The molecule has 9 aromatic heterocycles. The van der Waals surface area contributed by atoms with Gasteiger partial charge in [0.05, 0.1) is 36.7 Å². The zero-order valence-electron chi connectivity index (χ0n) is 70.4. The summed E-state index contributed by atoms with van der Waals surface area (Å²) >= 11 is 1.44. The van der Waals surface area contributed by atoms with Gasteiger partial charge >= 0.3 is 12.2 Å². The highest BCUT2D eigenvalue weighted by Gasteiger charge is 2.30. The SMILES string of the molecule is C=CCn1c(=O)c2cnc(Nc3ccc4c(c3)CCN(C(=O)OC(C)(C)C)C4)nc2n1-c1ccnc(C(C)(C)C)c1.C=CCn1c(=O)c2cnc(Nc3ccc4c(c3)CCNC4)nc2n1-c1ccnc(C(C)(C)C)c1.C=CCn1c(=O)c2cnc(SC)nc2n1-c1ccnc(C(C)(C)C)c1.CC(C)(C)OC(=O)N1CCc2cc(N)ccc2C1. The summed E-state index contributed by atoms with van der Waals surface area (Å²) in [6.45, 7) is 46.9. The highest BCUT2D eigenvalue weighted by atomic mass is 32.2. The highest BCUT2D eigenvalue weighted by molar-refractivity contribution is 7.98. The minimum Gasteiger partial charge on any atom is -0.444 e. The summed E-state index contributed by atoms with van der Waals surface area (Å²) in [5, 5.41) is 12.0. The Morgan fingerprint density at radius 3 is 1.24 bits per heavy atom. The molecular weight excluding hydrogens is 1510 g/mol. The first-order valence-corrected chi connectivity index (χ1v) is 40.7. The Bertz CT molecular complexity index is 5970. The summed E-state index contributed by atoms with van der Waals surface area (Å²) in [7, 11) is 0. The van der Waals surface area contributed by atoms with Crippen molar-refractivity contribution in [3.05, 3.63) is 248 Å². The zero-order chi connectivity index (χ0) is 84.9. The van der Waals surface area contributed by atoms with E-state index in [-0.39, 0.29) is 45.1 Å². The van der Waals surface area contributed by atoms with Crippen LogP contribution >= 0.6 is 11.8 Å². The lowest BCUT2D eigenvalue weighted by Gasteiger charge is -2.31. The summed E-state index contributed by atoms with van der Waals surface area (Å²) in [5.74, 6) is 0.814. The molecule has 15 rings (SSSR count). The standard InChI is InChI=1S/C31H37N7O3.C26H29N7O.C18H21N5OS.C14H20N2O2/c1-8-14-37-27(39)24-18-33-28(35-26(24)38(37)23-11-13-32-25(17-23)30(2,3)4)34-22-10-9-21-19-36(15-12-20(21)16-22)29(40)41-31(5,6)7;1-5-12-32-24(34)21-16-29-25(30-19-7-6-18-15-27-10-8-17(18)13-19)31-23(21)33(32)20-9-11-28-22(14-20)26(2,3)4;1-6-9-22-16(24)13-11-20-17(25-5)21-15(13)23(22)12-7-8-19-14(10-12)18(2,3)4;1-14(2,3)18-13(17)16-7-6-10-8-12(15)5-4-11(10)9-16/h8-11,13,16-18H,1,12,14-15,19H2,2-7H3,(H,33,34,35);5-7,9,11,13-14,16,27H,1,8,10,12,15H2,2-4H3,(H,29,30,31);6-8,10-11H,1,9H2,2-5H3;4-5,8H,6-7,9,15H2,1-3H3. The van der Waals surface area contributed by atoms with Crippen molar-refractivity contribution in [3.8, 4) is 17.1 Å². The van der Waals surface area contributed by atoms with Gasteiger partial charge in [-0.25, -0.2) is 57.6 Å². The fourth-order valence-corrected chi connectivity index (χ4v) is 14.1. The summed E-state index contributed by atoms with van der Waals surface area (Å²) < 4.78 is 21.3. The molecule has 0 fully saturated rings. The number of nitrogens with two attached hydrogens (primary N) is 1. The van der Waals surface area contributed by atoms with E-state index in [0.717, 1.165) is 93.8 Å². The van der Waals surface area contributed by atoms with Gasteiger partial charge in [0.15, 0.2) is 22.1 Å². The van der Waals surface area contributed by atoms with Gasteiger partial charge in [0.2, 0.25) is 11.9 Å². The van der Waals surface area contributed by atoms with Crippen molar-refractivity contribution in [1.29, 1.82) is 0 Å². The molecule has 0 saturated carbocycles. The van der Waals surface area contributed by atoms with Gasteiger partial charge in [-0.15, -0.1) is 19.7 Å². The number of benzene rings is 3. The molecule has 3 aromatic carbocycles. The van der Waals surface area contributed by atoms with Crippen molar-refractivity contribution >= 4 is 86.0 Å². The Balaban J connectivity index is 0.000000151. The summed E-state index contributed by atoms with van der Waals surface area (Å²) in [5.41, 5.74) is 20.5. The van der Waals surface area contributed by atoms with Crippen LogP contribution < -0.4 is 38.4 Å². The van der Waals surface area contributed by atoms with Crippen LogP contribution in [0.2, 0.25) is 0 Å². The van der Waals surface area contributed by atoms with Crippen LogP contribution in [0.4, 0.5) is 38.5 Å². The molecule has 2 amide bonds. The third-order valence-corrected chi connectivity index (χ3v) is 20.3. The number of thioether (sulfide) groups is 1. The molecule has 0 radical (unpaired) electrons. The third-order valence-electron chi connectivity index (χ3n) is 19.7. The second-order valence-electron chi connectivity index (χ2n) is 34.3. The maximum atomic E-state index is 13.3. The van der Waals surface area contributed by atoms with E-state index < -0.39 is 11.2 Å². The van der Waals surface area contributed by atoms with E-state index >= 15 is 0 Å². The molecule has 616 valence electrons. The average Bonchev–Trinajstić information content (AvgIpc) is 1.63. The molecule has 3 aliphatic rings. The number of rotatable bonds is 14. The largest absolute Gasteiger partial charge is 0.444 e. The predicted octanol–water partition coefficient (Wildman–Crippen LogP) is 15.1. The molecular formula is C89H107N21O7S. The number of fused-ring (bicyclic) bond motifs is 6. The maximum absolute atomic E-state index is 13.3. The molecule has 28 nitrogen and oxygen atoms in total. The lowest BCUT2D eigenvalue weighted by atomic mass is 9.91. The molecule has 12 aromatic rings. The number of hydrogen-bond donors (Lipinski definition) is 4. The number of anilines is 5. The molecule has 3 aliphatic heterocycles. The van der Waals surface area contributed by atoms with E-state index in [1.54, 1.807) is 83.9 Å². The minimum atomic E-state index is -0.532. The fourth-order valence-electron chi connectivity index (χ4n) is 13.8. The summed E-state index contributed by atoms with van der Waals surface area (Å²) in [6.07, 6.45) is 19.0. The number of hydrogen-bond acceptors (Lipinski definition) is 21. The van der Waals surface area contributed by atoms with Crippen molar-refractivity contribution in [2.24, 2.45) is 0 Å². The number of pyridine rings is 3. The van der Waals surface area contributed by atoms with Crippen molar-refractivity contribution in [2.45, 2.75) is 195 Å².